The molecule has 3 aromatic carbocycles. The Hall–Kier alpha value is -2.44. The van der Waals surface area contributed by atoms with Crippen LogP contribution in [0, 0.1) is 27.7 Å². The van der Waals surface area contributed by atoms with Crippen molar-refractivity contribution in [3.05, 3.63) is 82.9 Å². The molecule has 0 bridgehead atoms. The zero-order valence-electron chi connectivity index (χ0n) is 16.2. The van der Waals surface area contributed by atoms with E-state index in [-0.39, 0.29) is 19.6 Å². The van der Waals surface area contributed by atoms with Crippen LogP contribution in [0.2, 0.25) is 0 Å². The standard InChI is InChI=1S/C22H22O4S2/c1-15-9-11-19(13-17(15)3)27(23,24)21-7-5-6-8-22(21)28(25,26)20-12-10-16(2)18(4)14-20/h5-14H,1-4H3. The van der Waals surface area contributed by atoms with E-state index in [0.717, 1.165) is 22.3 Å². The molecule has 0 heterocycles. The lowest BCUT2D eigenvalue weighted by atomic mass is 10.1. The van der Waals surface area contributed by atoms with Crippen molar-refractivity contribution >= 4 is 19.7 Å². The third-order valence-electron chi connectivity index (χ3n) is 5.01. The van der Waals surface area contributed by atoms with E-state index in [1.807, 2.05) is 27.7 Å². The lowest BCUT2D eigenvalue weighted by Crippen LogP contribution is -2.11. The summed E-state index contributed by atoms with van der Waals surface area (Å²) in [6.45, 7) is 7.44. The van der Waals surface area contributed by atoms with E-state index in [2.05, 4.69) is 0 Å². The molecular formula is C22H22O4S2. The summed E-state index contributed by atoms with van der Waals surface area (Å²) in [5.74, 6) is 0. The fourth-order valence-corrected chi connectivity index (χ4v) is 6.42. The maximum Gasteiger partial charge on any atom is 0.207 e. The molecular weight excluding hydrogens is 392 g/mol. The molecule has 3 aromatic rings. The molecule has 0 N–H and O–H groups in total. The third-order valence-corrected chi connectivity index (χ3v) is 8.75. The molecule has 0 fully saturated rings. The highest BCUT2D eigenvalue weighted by molar-refractivity contribution is 7.94. The fourth-order valence-electron chi connectivity index (χ4n) is 2.91. The van der Waals surface area contributed by atoms with Crippen molar-refractivity contribution < 1.29 is 16.8 Å². The smallest absolute Gasteiger partial charge is 0.207 e. The molecule has 0 saturated carbocycles. The molecule has 3 rings (SSSR count). The second-order valence-corrected chi connectivity index (χ2v) is 10.8. The van der Waals surface area contributed by atoms with E-state index in [9.17, 15) is 16.8 Å². The fraction of sp³-hybridized carbons (Fsp3) is 0.182. The summed E-state index contributed by atoms with van der Waals surface area (Å²) in [6, 6.07) is 15.4. The van der Waals surface area contributed by atoms with Crippen molar-refractivity contribution in [3.63, 3.8) is 0 Å². The van der Waals surface area contributed by atoms with Gasteiger partial charge in [0.1, 0.15) is 0 Å². The second kappa shape index (κ2) is 7.18. The molecule has 0 atom stereocenters. The highest BCUT2D eigenvalue weighted by Gasteiger charge is 2.29. The summed E-state index contributed by atoms with van der Waals surface area (Å²) >= 11 is 0. The van der Waals surface area contributed by atoms with Crippen LogP contribution in [0.15, 0.2) is 80.2 Å². The first kappa shape index (κ1) is 20.3. The summed E-state index contributed by atoms with van der Waals surface area (Å²) in [5.41, 5.74) is 3.59. The summed E-state index contributed by atoms with van der Waals surface area (Å²) in [5, 5.41) is 0. The topological polar surface area (TPSA) is 68.3 Å². The van der Waals surface area contributed by atoms with Gasteiger partial charge in [0.05, 0.1) is 19.6 Å². The lowest BCUT2D eigenvalue weighted by Gasteiger charge is -2.13. The second-order valence-electron chi connectivity index (χ2n) is 6.95. The number of rotatable bonds is 4. The summed E-state index contributed by atoms with van der Waals surface area (Å²) in [6.07, 6.45) is 0. The van der Waals surface area contributed by atoms with Crippen LogP contribution in [0.1, 0.15) is 22.3 Å². The van der Waals surface area contributed by atoms with Gasteiger partial charge in [-0.1, -0.05) is 24.3 Å². The van der Waals surface area contributed by atoms with Gasteiger partial charge in [-0.2, -0.15) is 0 Å². The molecule has 0 aromatic heterocycles. The maximum absolute atomic E-state index is 13.3. The number of hydrogen-bond acceptors (Lipinski definition) is 4. The van der Waals surface area contributed by atoms with Gasteiger partial charge in [0.15, 0.2) is 0 Å². The third kappa shape index (κ3) is 3.50. The minimum atomic E-state index is -4.00. The quantitative estimate of drug-likeness (QED) is 0.626. The van der Waals surface area contributed by atoms with Crippen molar-refractivity contribution in [1.29, 1.82) is 0 Å². The van der Waals surface area contributed by atoms with Crippen LogP contribution < -0.4 is 0 Å². The molecule has 0 radical (unpaired) electrons. The molecule has 28 heavy (non-hydrogen) atoms. The molecule has 0 spiro atoms. The predicted molar refractivity (Wildman–Crippen MR) is 109 cm³/mol. The first-order valence-corrected chi connectivity index (χ1v) is 11.8. The van der Waals surface area contributed by atoms with E-state index in [0.29, 0.717) is 0 Å². The Kier molecular flexibility index (Phi) is 5.21. The zero-order chi connectivity index (χ0) is 20.7. The van der Waals surface area contributed by atoms with Crippen LogP contribution in [0.4, 0.5) is 0 Å². The molecule has 0 aliphatic rings. The summed E-state index contributed by atoms with van der Waals surface area (Å²) in [7, 11) is -7.99. The first-order valence-electron chi connectivity index (χ1n) is 8.79. The van der Waals surface area contributed by atoms with E-state index in [1.165, 1.54) is 36.4 Å². The molecule has 146 valence electrons. The number of sulfone groups is 2. The molecule has 0 amide bonds. The van der Waals surface area contributed by atoms with E-state index in [4.69, 9.17) is 0 Å². The minimum Gasteiger partial charge on any atom is -0.218 e. The molecule has 0 aliphatic carbocycles. The van der Waals surface area contributed by atoms with Crippen molar-refractivity contribution in [2.75, 3.05) is 0 Å². The predicted octanol–water partition coefficient (Wildman–Crippen LogP) is 4.59. The normalized spacial score (nSPS) is 12.1. The monoisotopic (exact) mass is 414 g/mol. The van der Waals surface area contributed by atoms with Crippen LogP contribution in [0.3, 0.4) is 0 Å². The van der Waals surface area contributed by atoms with Gasteiger partial charge in [0.25, 0.3) is 0 Å². The van der Waals surface area contributed by atoms with Gasteiger partial charge in [-0.15, -0.1) is 0 Å². The van der Waals surface area contributed by atoms with Crippen LogP contribution in [-0.4, -0.2) is 16.8 Å². The largest absolute Gasteiger partial charge is 0.218 e. The van der Waals surface area contributed by atoms with Gasteiger partial charge in [-0.25, -0.2) is 16.8 Å². The van der Waals surface area contributed by atoms with Crippen molar-refractivity contribution in [3.8, 4) is 0 Å². The maximum atomic E-state index is 13.3. The van der Waals surface area contributed by atoms with Crippen molar-refractivity contribution in [1.82, 2.24) is 0 Å². The molecule has 4 nitrogen and oxygen atoms in total. The Balaban J connectivity index is 2.23. The van der Waals surface area contributed by atoms with Gasteiger partial charge in [0.2, 0.25) is 19.7 Å². The number of benzene rings is 3. The molecule has 0 unspecified atom stereocenters. The van der Waals surface area contributed by atoms with E-state index < -0.39 is 19.7 Å². The lowest BCUT2D eigenvalue weighted by molar-refractivity contribution is 0.582. The number of aryl methyl sites for hydroxylation is 4. The number of hydrogen-bond donors (Lipinski definition) is 0. The average molecular weight is 415 g/mol. The Labute approximate surface area is 166 Å². The molecule has 6 heteroatoms. The van der Waals surface area contributed by atoms with Gasteiger partial charge in [-0.05, 0) is 86.3 Å². The summed E-state index contributed by atoms with van der Waals surface area (Å²) in [4.78, 5) is -0.260. The summed E-state index contributed by atoms with van der Waals surface area (Å²) < 4.78 is 53.0. The van der Waals surface area contributed by atoms with Gasteiger partial charge in [0, 0.05) is 0 Å². The Morgan fingerprint density at radius 2 is 0.857 bits per heavy atom. The van der Waals surface area contributed by atoms with Gasteiger partial charge in [-0.3, -0.25) is 0 Å². The Morgan fingerprint density at radius 3 is 1.18 bits per heavy atom. The van der Waals surface area contributed by atoms with Crippen LogP contribution in [-0.2, 0) is 19.7 Å². The van der Waals surface area contributed by atoms with E-state index >= 15 is 0 Å². The highest BCUT2D eigenvalue weighted by atomic mass is 32.2. The van der Waals surface area contributed by atoms with Crippen LogP contribution >= 0.6 is 0 Å². The first-order chi connectivity index (χ1) is 13.0. The van der Waals surface area contributed by atoms with E-state index in [1.54, 1.807) is 24.3 Å². The van der Waals surface area contributed by atoms with Crippen LogP contribution in [0.5, 0.6) is 0 Å². The average Bonchev–Trinajstić information content (AvgIpc) is 2.66. The minimum absolute atomic E-state index is 0.0818. The Bertz CT molecular complexity index is 1170. The van der Waals surface area contributed by atoms with Crippen LogP contribution in [0.25, 0.3) is 0 Å². The zero-order valence-corrected chi connectivity index (χ0v) is 17.9. The SMILES string of the molecule is Cc1ccc(S(=O)(=O)c2ccccc2S(=O)(=O)c2ccc(C)c(C)c2)cc1C. The van der Waals surface area contributed by atoms with Gasteiger partial charge < -0.3 is 0 Å². The van der Waals surface area contributed by atoms with Crippen molar-refractivity contribution in [2.24, 2.45) is 0 Å². The van der Waals surface area contributed by atoms with Crippen molar-refractivity contribution in [2.45, 2.75) is 47.3 Å². The molecule has 0 saturated heterocycles. The molecule has 0 aliphatic heterocycles. The van der Waals surface area contributed by atoms with Gasteiger partial charge >= 0.3 is 0 Å². The Morgan fingerprint density at radius 1 is 0.500 bits per heavy atom. The highest BCUT2D eigenvalue weighted by Crippen LogP contribution is 2.32.